The van der Waals surface area contributed by atoms with Gasteiger partial charge in [0.05, 0.1) is 28.5 Å². The molecule has 0 unspecified atom stereocenters. The van der Waals surface area contributed by atoms with Gasteiger partial charge in [0.1, 0.15) is 0 Å². The Morgan fingerprint density at radius 3 is 2.73 bits per heavy atom. The number of ether oxygens (including phenoxy) is 1. The fraction of sp³-hybridized carbons (Fsp3) is 0.182. The Bertz CT molecular complexity index is 1310. The van der Waals surface area contributed by atoms with Gasteiger partial charge in [-0.2, -0.15) is 0 Å². The number of benzene rings is 1. The average molecular weight is 484 g/mol. The molecule has 0 spiro atoms. The van der Waals surface area contributed by atoms with Crippen LogP contribution in [0.4, 0.5) is 0 Å². The molecule has 1 atom stereocenters. The Hall–Kier alpha value is -2.84. The van der Waals surface area contributed by atoms with E-state index in [1.54, 1.807) is 36.9 Å². The van der Waals surface area contributed by atoms with Gasteiger partial charge < -0.3 is 4.74 Å². The number of carbonyl (C=O) groups is 1. The maximum Gasteiger partial charge on any atom is 0.338 e. The second-order valence-corrected chi connectivity index (χ2v) is 8.56. The van der Waals surface area contributed by atoms with Gasteiger partial charge in [-0.3, -0.25) is 14.3 Å². The van der Waals surface area contributed by atoms with Gasteiger partial charge in [0.25, 0.3) is 5.56 Å². The van der Waals surface area contributed by atoms with Crippen LogP contribution in [0.2, 0.25) is 0 Å². The zero-order valence-electron chi connectivity index (χ0n) is 16.3. The van der Waals surface area contributed by atoms with E-state index in [2.05, 4.69) is 25.9 Å². The summed E-state index contributed by atoms with van der Waals surface area (Å²) in [6, 6.07) is 10.7. The highest BCUT2D eigenvalue weighted by atomic mass is 79.9. The van der Waals surface area contributed by atoms with E-state index in [0.717, 1.165) is 15.6 Å². The highest BCUT2D eigenvalue weighted by molar-refractivity contribution is 9.10. The van der Waals surface area contributed by atoms with Crippen LogP contribution in [0.1, 0.15) is 31.0 Å². The van der Waals surface area contributed by atoms with Gasteiger partial charge in [-0.1, -0.05) is 45.5 Å². The summed E-state index contributed by atoms with van der Waals surface area (Å²) in [4.78, 5) is 35.4. The summed E-state index contributed by atoms with van der Waals surface area (Å²) in [5, 5.41) is 0. The van der Waals surface area contributed by atoms with E-state index >= 15 is 0 Å². The SMILES string of the molecule is CCOC(=O)C1=C(C)N=c2sc(=Cc3cccnc3)c(=O)n2[C@H]1c1ccc(Br)cc1. The fourth-order valence-corrected chi connectivity index (χ4v) is 4.68. The van der Waals surface area contributed by atoms with E-state index < -0.39 is 12.0 Å². The number of thiazole rings is 1. The Balaban J connectivity index is 1.96. The minimum Gasteiger partial charge on any atom is -0.463 e. The largest absolute Gasteiger partial charge is 0.463 e. The molecule has 0 N–H and O–H groups in total. The number of nitrogens with zero attached hydrogens (tertiary/aromatic N) is 3. The van der Waals surface area contributed by atoms with Gasteiger partial charge in [0.15, 0.2) is 4.80 Å². The molecule has 3 aromatic rings. The molecule has 0 fully saturated rings. The topological polar surface area (TPSA) is 73.6 Å². The number of halogens is 1. The van der Waals surface area contributed by atoms with Crippen LogP contribution in [-0.2, 0) is 9.53 Å². The first-order valence-electron chi connectivity index (χ1n) is 9.34. The number of hydrogen-bond acceptors (Lipinski definition) is 6. The molecule has 3 heterocycles. The lowest BCUT2D eigenvalue weighted by Crippen LogP contribution is -2.39. The zero-order chi connectivity index (χ0) is 21.3. The molecule has 0 bridgehead atoms. The molecular weight excluding hydrogens is 466 g/mol. The Morgan fingerprint density at radius 2 is 2.07 bits per heavy atom. The standard InChI is InChI=1S/C22H18BrN3O3S/c1-3-29-21(28)18-13(2)25-22-26(19(18)15-6-8-16(23)9-7-15)20(27)17(30-22)11-14-5-4-10-24-12-14/h4-12,19H,3H2,1-2H3/t19-/m0/s1. The number of hydrogen-bond donors (Lipinski definition) is 0. The maximum absolute atomic E-state index is 13.4. The van der Waals surface area contributed by atoms with Crippen molar-refractivity contribution < 1.29 is 9.53 Å². The summed E-state index contributed by atoms with van der Waals surface area (Å²) in [5.74, 6) is -0.465. The molecule has 0 amide bonds. The van der Waals surface area contributed by atoms with Crippen molar-refractivity contribution in [3.05, 3.63) is 95.3 Å². The molecule has 0 saturated carbocycles. The van der Waals surface area contributed by atoms with Gasteiger partial charge in [-0.05, 0) is 49.2 Å². The van der Waals surface area contributed by atoms with E-state index in [9.17, 15) is 9.59 Å². The van der Waals surface area contributed by atoms with Crippen LogP contribution < -0.4 is 14.9 Å². The minimum atomic E-state index is -0.607. The number of esters is 1. The third-order valence-corrected chi connectivity index (χ3v) is 6.20. The predicted molar refractivity (Wildman–Crippen MR) is 119 cm³/mol. The third kappa shape index (κ3) is 3.80. The summed E-state index contributed by atoms with van der Waals surface area (Å²) < 4.78 is 8.31. The molecule has 2 aromatic heterocycles. The lowest BCUT2D eigenvalue weighted by Gasteiger charge is -2.24. The fourth-order valence-electron chi connectivity index (χ4n) is 3.36. The molecule has 8 heteroatoms. The smallest absolute Gasteiger partial charge is 0.338 e. The molecule has 0 saturated heterocycles. The predicted octanol–water partition coefficient (Wildman–Crippen LogP) is 2.96. The quantitative estimate of drug-likeness (QED) is 0.534. The van der Waals surface area contributed by atoms with E-state index in [1.807, 2.05) is 36.4 Å². The van der Waals surface area contributed by atoms with Crippen molar-refractivity contribution in [1.82, 2.24) is 9.55 Å². The van der Waals surface area contributed by atoms with E-state index in [1.165, 1.54) is 11.3 Å². The summed E-state index contributed by atoms with van der Waals surface area (Å²) in [6.45, 7) is 3.77. The number of aromatic nitrogens is 2. The molecule has 1 aliphatic heterocycles. The Kier molecular flexibility index (Phi) is 5.78. The second-order valence-electron chi connectivity index (χ2n) is 6.64. The van der Waals surface area contributed by atoms with Gasteiger partial charge in [-0.25, -0.2) is 9.79 Å². The van der Waals surface area contributed by atoms with Gasteiger partial charge in [0, 0.05) is 16.9 Å². The molecule has 1 aliphatic rings. The number of allylic oxidation sites excluding steroid dienone is 1. The number of carbonyl (C=O) groups excluding carboxylic acids is 1. The minimum absolute atomic E-state index is 0.204. The highest BCUT2D eigenvalue weighted by Gasteiger charge is 2.33. The Morgan fingerprint density at radius 1 is 1.30 bits per heavy atom. The van der Waals surface area contributed by atoms with Crippen LogP contribution in [0.5, 0.6) is 0 Å². The third-order valence-electron chi connectivity index (χ3n) is 4.68. The monoisotopic (exact) mass is 483 g/mol. The molecular formula is C22H18BrN3O3S. The molecule has 30 heavy (non-hydrogen) atoms. The van der Waals surface area contributed by atoms with E-state index in [0.29, 0.717) is 20.6 Å². The summed E-state index contributed by atoms with van der Waals surface area (Å²) in [7, 11) is 0. The maximum atomic E-state index is 13.4. The zero-order valence-corrected chi connectivity index (χ0v) is 18.7. The number of rotatable bonds is 4. The summed E-state index contributed by atoms with van der Waals surface area (Å²) in [6.07, 6.45) is 5.17. The average Bonchev–Trinajstić information content (AvgIpc) is 3.03. The summed E-state index contributed by atoms with van der Waals surface area (Å²) in [5.41, 5.74) is 2.36. The van der Waals surface area contributed by atoms with Crippen molar-refractivity contribution in [2.45, 2.75) is 19.9 Å². The van der Waals surface area contributed by atoms with Gasteiger partial charge in [0.2, 0.25) is 0 Å². The van der Waals surface area contributed by atoms with E-state index in [4.69, 9.17) is 4.74 Å². The highest BCUT2D eigenvalue weighted by Crippen LogP contribution is 2.31. The first kappa shape index (κ1) is 20.4. The van der Waals surface area contributed by atoms with Crippen LogP contribution in [0.25, 0.3) is 6.08 Å². The van der Waals surface area contributed by atoms with Crippen LogP contribution in [0.15, 0.2) is 74.3 Å². The van der Waals surface area contributed by atoms with Crippen LogP contribution >= 0.6 is 27.3 Å². The molecule has 0 aliphatic carbocycles. The molecule has 4 rings (SSSR count). The van der Waals surface area contributed by atoms with E-state index in [-0.39, 0.29) is 12.2 Å². The van der Waals surface area contributed by atoms with Crippen LogP contribution in [0.3, 0.4) is 0 Å². The van der Waals surface area contributed by atoms with Crippen LogP contribution in [0, 0.1) is 0 Å². The van der Waals surface area contributed by atoms with Crippen molar-refractivity contribution in [2.24, 2.45) is 4.99 Å². The number of fused-ring (bicyclic) bond motifs is 1. The van der Waals surface area contributed by atoms with Crippen molar-refractivity contribution in [3.8, 4) is 0 Å². The lowest BCUT2D eigenvalue weighted by atomic mass is 9.96. The Labute approximate surface area is 185 Å². The normalized spacial score (nSPS) is 16.2. The lowest BCUT2D eigenvalue weighted by molar-refractivity contribution is -0.139. The molecule has 1 aromatic carbocycles. The van der Waals surface area contributed by atoms with Crippen molar-refractivity contribution in [2.75, 3.05) is 6.61 Å². The molecule has 6 nitrogen and oxygen atoms in total. The molecule has 0 radical (unpaired) electrons. The van der Waals surface area contributed by atoms with Crippen LogP contribution in [-0.4, -0.2) is 22.1 Å². The number of pyridine rings is 1. The summed E-state index contributed by atoms with van der Waals surface area (Å²) >= 11 is 4.73. The first-order valence-corrected chi connectivity index (χ1v) is 11.0. The van der Waals surface area contributed by atoms with Crippen molar-refractivity contribution in [1.29, 1.82) is 0 Å². The van der Waals surface area contributed by atoms with Gasteiger partial charge >= 0.3 is 5.97 Å². The van der Waals surface area contributed by atoms with Gasteiger partial charge in [-0.15, -0.1) is 0 Å². The second kappa shape index (κ2) is 8.49. The van der Waals surface area contributed by atoms with Crippen molar-refractivity contribution >= 4 is 39.3 Å². The van der Waals surface area contributed by atoms with Crippen molar-refractivity contribution in [3.63, 3.8) is 0 Å². The molecule has 152 valence electrons. The first-order chi connectivity index (χ1) is 14.5.